The quantitative estimate of drug-likeness (QED) is 0.698. The second kappa shape index (κ2) is 5.08. The SMILES string of the molecule is CN(CC(CO)(NC1CC1)C1CC1)C1CCOC1. The van der Waals surface area contributed by atoms with Gasteiger partial charge in [-0.1, -0.05) is 0 Å². The van der Waals surface area contributed by atoms with Crippen LogP contribution in [0, 0.1) is 5.92 Å². The van der Waals surface area contributed by atoms with Gasteiger partial charge < -0.3 is 15.2 Å². The summed E-state index contributed by atoms with van der Waals surface area (Å²) in [5, 5.41) is 13.7. The number of hydrogen-bond acceptors (Lipinski definition) is 4. The Hall–Kier alpha value is -0.160. The van der Waals surface area contributed by atoms with Crippen molar-refractivity contribution in [2.24, 2.45) is 5.92 Å². The highest BCUT2D eigenvalue weighted by Gasteiger charge is 2.48. The van der Waals surface area contributed by atoms with E-state index < -0.39 is 0 Å². The molecule has 0 aromatic heterocycles. The Morgan fingerprint density at radius 2 is 2.06 bits per heavy atom. The van der Waals surface area contributed by atoms with Crippen LogP contribution in [-0.2, 0) is 4.74 Å². The average molecular weight is 254 g/mol. The topological polar surface area (TPSA) is 44.7 Å². The predicted molar refractivity (Wildman–Crippen MR) is 70.6 cm³/mol. The van der Waals surface area contributed by atoms with Gasteiger partial charge >= 0.3 is 0 Å². The maximum absolute atomic E-state index is 9.93. The maximum atomic E-state index is 9.93. The molecule has 0 amide bonds. The highest BCUT2D eigenvalue weighted by atomic mass is 16.5. The fraction of sp³-hybridized carbons (Fsp3) is 1.00. The molecule has 0 radical (unpaired) electrons. The first kappa shape index (κ1) is 12.9. The number of rotatable bonds is 7. The second-order valence-corrected chi connectivity index (χ2v) is 6.44. The minimum atomic E-state index is -0.0570. The lowest BCUT2D eigenvalue weighted by molar-refractivity contribution is 0.0765. The van der Waals surface area contributed by atoms with Gasteiger partial charge in [0.15, 0.2) is 0 Å². The van der Waals surface area contributed by atoms with Gasteiger partial charge in [-0.15, -0.1) is 0 Å². The smallest absolute Gasteiger partial charge is 0.0628 e. The van der Waals surface area contributed by atoms with Crippen molar-refractivity contribution in [3.05, 3.63) is 0 Å². The van der Waals surface area contributed by atoms with Gasteiger partial charge in [0.25, 0.3) is 0 Å². The molecule has 1 aliphatic heterocycles. The van der Waals surface area contributed by atoms with E-state index in [-0.39, 0.29) is 12.1 Å². The van der Waals surface area contributed by atoms with Crippen LogP contribution in [-0.4, -0.2) is 61.0 Å². The molecule has 1 heterocycles. The summed E-state index contributed by atoms with van der Waals surface area (Å²) < 4.78 is 5.47. The van der Waals surface area contributed by atoms with Crippen LogP contribution in [0.5, 0.6) is 0 Å². The summed E-state index contributed by atoms with van der Waals surface area (Å²) in [4.78, 5) is 2.40. The molecule has 0 aromatic rings. The minimum Gasteiger partial charge on any atom is -0.394 e. The van der Waals surface area contributed by atoms with Gasteiger partial charge in [-0.25, -0.2) is 0 Å². The lowest BCUT2D eigenvalue weighted by atomic mass is 9.92. The number of aliphatic hydroxyl groups excluding tert-OH is 1. The van der Waals surface area contributed by atoms with Crippen molar-refractivity contribution in [2.45, 2.75) is 49.7 Å². The van der Waals surface area contributed by atoms with Crippen molar-refractivity contribution in [1.82, 2.24) is 10.2 Å². The van der Waals surface area contributed by atoms with E-state index in [2.05, 4.69) is 17.3 Å². The molecular formula is C14H26N2O2. The van der Waals surface area contributed by atoms with Crippen LogP contribution in [0.1, 0.15) is 32.1 Å². The van der Waals surface area contributed by atoms with Crippen LogP contribution in [0.15, 0.2) is 0 Å². The Morgan fingerprint density at radius 3 is 2.56 bits per heavy atom. The molecule has 2 atom stereocenters. The van der Waals surface area contributed by atoms with E-state index in [0.29, 0.717) is 18.0 Å². The largest absolute Gasteiger partial charge is 0.394 e. The molecule has 0 aromatic carbocycles. The highest BCUT2D eigenvalue weighted by Crippen LogP contribution is 2.42. The van der Waals surface area contributed by atoms with Crippen molar-refractivity contribution in [3.8, 4) is 0 Å². The third-order valence-corrected chi connectivity index (χ3v) is 4.77. The molecule has 2 aliphatic carbocycles. The zero-order valence-electron chi connectivity index (χ0n) is 11.4. The third kappa shape index (κ3) is 2.72. The van der Waals surface area contributed by atoms with E-state index >= 15 is 0 Å². The van der Waals surface area contributed by atoms with Crippen LogP contribution < -0.4 is 5.32 Å². The Morgan fingerprint density at radius 1 is 1.28 bits per heavy atom. The van der Waals surface area contributed by atoms with Gasteiger partial charge in [0, 0.05) is 25.2 Å². The number of hydrogen-bond donors (Lipinski definition) is 2. The Bertz CT molecular complexity index is 286. The molecule has 18 heavy (non-hydrogen) atoms. The first-order valence-electron chi connectivity index (χ1n) is 7.40. The van der Waals surface area contributed by atoms with Crippen molar-refractivity contribution < 1.29 is 9.84 Å². The summed E-state index contributed by atoms with van der Waals surface area (Å²) in [5.74, 6) is 0.674. The van der Waals surface area contributed by atoms with E-state index in [9.17, 15) is 5.11 Å². The zero-order valence-corrected chi connectivity index (χ0v) is 11.4. The Labute approximate surface area is 110 Å². The second-order valence-electron chi connectivity index (χ2n) is 6.44. The molecule has 0 bridgehead atoms. The molecule has 104 valence electrons. The molecule has 3 rings (SSSR count). The van der Waals surface area contributed by atoms with Crippen LogP contribution in [0.4, 0.5) is 0 Å². The summed E-state index contributed by atoms with van der Waals surface area (Å²) in [6.45, 7) is 2.97. The Balaban J connectivity index is 1.63. The van der Waals surface area contributed by atoms with Crippen molar-refractivity contribution in [2.75, 3.05) is 33.4 Å². The van der Waals surface area contributed by atoms with Crippen LogP contribution in [0.3, 0.4) is 0 Å². The van der Waals surface area contributed by atoms with E-state index in [4.69, 9.17) is 4.74 Å². The standard InChI is InChI=1S/C14H26N2O2/c1-16(13-6-7-18-8-13)9-14(10-17,11-2-3-11)15-12-4-5-12/h11-13,15,17H,2-10H2,1H3. The molecule has 4 nitrogen and oxygen atoms in total. The summed E-state index contributed by atoms with van der Waals surface area (Å²) in [5.41, 5.74) is -0.0570. The number of likely N-dealkylation sites (N-methyl/N-ethyl adjacent to an activating group) is 1. The monoisotopic (exact) mass is 254 g/mol. The third-order valence-electron chi connectivity index (χ3n) is 4.77. The van der Waals surface area contributed by atoms with Gasteiger partial charge in [-0.05, 0) is 45.1 Å². The van der Waals surface area contributed by atoms with Gasteiger partial charge in [-0.3, -0.25) is 4.90 Å². The molecule has 3 fully saturated rings. The van der Waals surface area contributed by atoms with Crippen molar-refractivity contribution in [1.29, 1.82) is 0 Å². The molecule has 0 spiro atoms. The van der Waals surface area contributed by atoms with E-state index in [0.717, 1.165) is 26.2 Å². The average Bonchev–Trinajstić information content (AvgIpc) is 3.29. The molecule has 2 saturated carbocycles. The lowest BCUT2D eigenvalue weighted by Gasteiger charge is -2.39. The fourth-order valence-electron chi connectivity index (χ4n) is 3.23. The number of nitrogens with one attached hydrogen (secondary N) is 1. The van der Waals surface area contributed by atoms with E-state index in [1.54, 1.807) is 0 Å². The van der Waals surface area contributed by atoms with Gasteiger partial charge in [0.2, 0.25) is 0 Å². The van der Waals surface area contributed by atoms with E-state index in [1.807, 2.05) is 0 Å². The van der Waals surface area contributed by atoms with Crippen LogP contribution in [0.2, 0.25) is 0 Å². The maximum Gasteiger partial charge on any atom is 0.0628 e. The molecule has 3 aliphatic rings. The summed E-state index contributed by atoms with van der Waals surface area (Å²) in [6.07, 6.45) is 6.24. The molecule has 2 N–H and O–H groups in total. The highest BCUT2D eigenvalue weighted by molar-refractivity contribution is 5.06. The molecule has 4 heteroatoms. The first-order valence-corrected chi connectivity index (χ1v) is 7.40. The molecular weight excluding hydrogens is 228 g/mol. The van der Waals surface area contributed by atoms with Crippen LogP contribution in [0.25, 0.3) is 0 Å². The van der Waals surface area contributed by atoms with Crippen LogP contribution >= 0.6 is 0 Å². The summed E-state index contributed by atoms with van der Waals surface area (Å²) >= 11 is 0. The predicted octanol–water partition coefficient (Wildman–Crippen LogP) is 0.600. The van der Waals surface area contributed by atoms with Gasteiger partial charge in [0.05, 0.1) is 18.8 Å². The van der Waals surface area contributed by atoms with E-state index in [1.165, 1.54) is 25.7 Å². The zero-order chi connectivity index (χ0) is 12.6. The van der Waals surface area contributed by atoms with Crippen molar-refractivity contribution >= 4 is 0 Å². The summed E-state index contributed by atoms with van der Waals surface area (Å²) in [7, 11) is 2.18. The molecule has 2 unspecified atom stereocenters. The first-order chi connectivity index (χ1) is 8.73. The van der Waals surface area contributed by atoms with Gasteiger partial charge in [0.1, 0.15) is 0 Å². The van der Waals surface area contributed by atoms with Crippen molar-refractivity contribution in [3.63, 3.8) is 0 Å². The number of aliphatic hydroxyl groups is 1. The number of nitrogens with zero attached hydrogens (tertiary/aromatic N) is 1. The Kier molecular flexibility index (Phi) is 3.63. The minimum absolute atomic E-state index is 0.0570. The molecule has 1 saturated heterocycles. The summed E-state index contributed by atoms with van der Waals surface area (Å²) in [6, 6.07) is 1.20. The normalized spacial score (nSPS) is 31.8. The van der Waals surface area contributed by atoms with Gasteiger partial charge in [-0.2, -0.15) is 0 Å². The lowest BCUT2D eigenvalue weighted by Crippen LogP contribution is -2.59. The number of ether oxygens (including phenoxy) is 1. The fourth-order valence-corrected chi connectivity index (χ4v) is 3.23.